The number of nitrogens with one attached hydrogen (secondary N) is 2. The fourth-order valence-electron chi connectivity index (χ4n) is 4.06. The summed E-state index contributed by atoms with van der Waals surface area (Å²) in [6.45, 7) is 0.624. The summed E-state index contributed by atoms with van der Waals surface area (Å²) in [5.74, 6) is 0.936. The molecule has 1 aliphatic heterocycles. The molecule has 1 fully saturated rings. The first kappa shape index (κ1) is 20.8. The maximum absolute atomic E-state index is 12.8. The number of fused-ring (bicyclic) bond motifs is 1. The lowest BCUT2D eigenvalue weighted by Crippen LogP contribution is -2.32. The highest BCUT2D eigenvalue weighted by Crippen LogP contribution is 2.28. The molecule has 1 saturated heterocycles. The maximum atomic E-state index is 12.8. The van der Waals surface area contributed by atoms with Gasteiger partial charge in [0.1, 0.15) is 5.75 Å². The highest BCUT2D eigenvalue weighted by Gasteiger charge is 2.34. The van der Waals surface area contributed by atoms with Crippen molar-refractivity contribution in [2.45, 2.75) is 25.4 Å². The van der Waals surface area contributed by atoms with Crippen LogP contribution in [0.4, 0.5) is 11.5 Å². The molecule has 1 atom stereocenters. The lowest BCUT2D eigenvalue weighted by Gasteiger charge is -2.17. The molecule has 0 bridgehead atoms. The Bertz CT molecular complexity index is 1270. The van der Waals surface area contributed by atoms with Crippen LogP contribution in [-0.4, -0.2) is 34.7 Å². The van der Waals surface area contributed by atoms with E-state index in [2.05, 4.69) is 15.5 Å². The second-order valence-corrected chi connectivity index (χ2v) is 8.03. The van der Waals surface area contributed by atoms with Crippen LogP contribution in [0.25, 0.3) is 10.9 Å². The first-order chi connectivity index (χ1) is 16.2. The van der Waals surface area contributed by atoms with Crippen LogP contribution >= 0.6 is 0 Å². The van der Waals surface area contributed by atoms with Gasteiger partial charge in [-0.25, -0.2) is 0 Å². The van der Waals surface area contributed by atoms with Crippen LogP contribution in [0.5, 0.6) is 5.75 Å². The van der Waals surface area contributed by atoms with Crippen molar-refractivity contribution in [3.05, 3.63) is 84.4 Å². The summed E-state index contributed by atoms with van der Waals surface area (Å²) in [7, 11) is 0. The number of H-pyrrole nitrogens is 1. The van der Waals surface area contributed by atoms with Crippen LogP contribution in [0, 0.1) is 0 Å². The van der Waals surface area contributed by atoms with E-state index in [1.54, 1.807) is 17.0 Å². The fourth-order valence-corrected chi connectivity index (χ4v) is 4.06. The number of aromatic nitrogens is 2. The van der Waals surface area contributed by atoms with Crippen molar-refractivity contribution < 1.29 is 14.3 Å². The average Bonchev–Trinajstić information content (AvgIpc) is 3.42. The van der Waals surface area contributed by atoms with Gasteiger partial charge in [0, 0.05) is 36.5 Å². The van der Waals surface area contributed by atoms with Gasteiger partial charge in [-0.05, 0) is 36.2 Å². The highest BCUT2D eigenvalue weighted by molar-refractivity contribution is 6.00. The molecule has 0 radical (unpaired) electrons. The van der Waals surface area contributed by atoms with Gasteiger partial charge in [0.25, 0.3) is 5.91 Å². The molecular weight excluding hydrogens is 416 g/mol. The summed E-state index contributed by atoms with van der Waals surface area (Å²) in [5.41, 5.74) is 2.73. The minimum absolute atomic E-state index is 0.0442. The molecule has 0 saturated carbocycles. The van der Waals surface area contributed by atoms with Crippen LogP contribution in [0.2, 0.25) is 0 Å². The number of nitrogens with zero attached hydrogens (tertiary/aromatic N) is 2. The SMILES string of the molecule is O=C(CCc1ccccc1)Nc1n[nH]c2cc(OC3CCN(c4ccccc4)C3=O)ccc12. The smallest absolute Gasteiger partial charge is 0.268 e. The van der Waals surface area contributed by atoms with Gasteiger partial charge >= 0.3 is 0 Å². The Morgan fingerprint density at radius 1 is 1.06 bits per heavy atom. The minimum Gasteiger partial charge on any atom is -0.480 e. The van der Waals surface area contributed by atoms with Gasteiger partial charge in [-0.3, -0.25) is 14.7 Å². The summed E-state index contributed by atoms with van der Waals surface area (Å²) in [6.07, 6.45) is 1.14. The number of benzene rings is 3. The van der Waals surface area contributed by atoms with Gasteiger partial charge in [-0.15, -0.1) is 0 Å². The quantitative estimate of drug-likeness (QED) is 0.448. The summed E-state index contributed by atoms with van der Waals surface area (Å²) in [6, 6.07) is 25.0. The monoisotopic (exact) mass is 440 g/mol. The Morgan fingerprint density at radius 3 is 2.61 bits per heavy atom. The maximum Gasteiger partial charge on any atom is 0.268 e. The first-order valence-electron chi connectivity index (χ1n) is 11.0. The van der Waals surface area contributed by atoms with E-state index in [0.717, 1.165) is 22.2 Å². The molecule has 1 unspecified atom stereocenters. The molecular formula is C26H24N4O3. The Morgan fingerprint density at radius 2 is 1.82 bits per heavy atom. The summed E-state index contributed by atoms with van der Waals surface area (Å²) < 4.78 is 6.00. The molecule has 1 aromatic heterocycles. The Hall–Kier alpha value is -4.13. The second-order valence-electron chi connectivity index (χ2n) is 8.03. The molecule has 2 N–H and O–H groups in total. The standard InChI is InChI=1S/C26H24N4O3/c31-24(14-11-18-7-3-1-4-8-18)27-25-21-13-12-20(17-22(21)28-29-25)33-23-15-16-30(26(23)32)19-9-5-2-6-10-19/h1-10,12-13,17,23H,11,14-16H2,(H2,27,28,29,31). The molecule has 33 heavy (non-hydrogen) atoms. The van der Waals surface area contributed by atoms with E-state index in [1.165, 1.54) is 0 Å². The highest BCUT2D eigenvalue weighted by atomic mass is 16.5. The first-order valence-corrected chi connectivity index (χ1v) is 11.0. The van der Waals surface area contributed by atoms with E-state index in [9.17, 15) is 9.59 Å². The summed E-state index contributed by atoms with van der Waals surface area (Å²) >= 11 is 0. The molecule has 166 valence electrons. The largest absolute Gasteiger partial charge is 0.480 e. The number of para-hydroxylation sites is 1. The Labute approximate surface area is 191 Å². The summed E-state index contributed by atoms with van der Waals surface area (Å²) in [5, 5.41) is 10.8. The van der Waals surface area contributed by atoms with Crippen LogP contribution in [0.3, 0.4) is 0 Å². The van der Waals surface area contributed by atoms with Crippen LogP contribution in [0.15, 0.2) is 78.9 Å². The van der Waals surface area contributed by atoms with Crippen molar-refractivity contribution in [2.24, 2.45) is 0 Å². The Balaban J connectivity index is 1.22. The third kappa shape index (κ3) is 4.57. The molecule has 2 amide bonds. The van der Waals surface area contributed by atoms with Gasteiger partial charge in [0.05, 0.1) is 5.52 Å². The second kappa shape index (κ2) is 9.16. The zero-order chi connectivity index (χ0) is 22.6. The van der Waals surface area contributed by atoms with E-state index in [4.69, 9.17) is 4.74 Å². The predicted molar refractivity (Wildman–Crippen MR) is 127 cm³/mol. The fraction of sp³-hybridized carbons (Fsp3) is 0.192. The van der Waals surface area contributed by atoms with Gasteiger partial charge in [0.15, 0.2) is 11.9 Å². The number of anilines is 2. The number of amides is 2. The molecule has 7 heteroatoms. The molecule has 0 aliphatic carbocycles. The molecule has 7 nitrogen and oxygen atoms in total. The molecule has 3 aromatic carbocycles. The lowest BCUT2D eigenvalue weighted by atomic mass is 10.1. The van der Waals surface area contributed by atoms with Crippen molar-refractivity contribution in [3.8, 4) is 5.75 Å². The molecule has 4 aromatic rings. The zero-order valence-corrected chi connectivity index (χ0v) is 18.0. The minimum atomic E-state index is -0.525. The van der Waals surface area contributed by atoms with E-state index >= 15 is 0 Å². The van der Waals surface area contributed by atoms with Crippen molar-refractivity contribution >= 4 is 34.2 Å². The lowest BCUT2D eigenvalue weighted by molar-refractivity contribution is -0.123. The van der Waals surface area contributed by atoms with Crippen LogP contribution < -0.4 is 15.0 Å². The third-order valence-electron chi connectivity index (χ3n) is 5.78. The van der Waals surface area contributed by atoms with Crippen molar-refractivity contribution in [1.82, 2.24) is 10.2 Å². The van der Waals surface area contributed by atoms with Crippen molar-refractivity contribution in [2.75, 3.05) is 16.8 Å². The molecule has 0 spiro atoms. The normalized spacial score (nSPS) is 15.7. The summed E-state index contributed by atoms with van der Waals surface area (Å²) in [4.78, 5) is 26.9. The van der Waals surface area contributed by atoms with E-state index < -0.39 is 6.10 Å². The number of rotatable bonds is 7. The Kier molecular flexibility index (Phi) is 5.76. The average molecular weight is 441 g/mol. The van der Waals surface area contributed by atoms with Gasteiger partial charge < -0.3 is 15.0 Å². The van der Waals surface area contributed by atoms with E-state index in [1.807, 2.05) is 66.7 Å². The van der Waals surface area contributed by atoms with Gasteiger partial charge in [-0.2, -0.15) is 5.10 Å². The van der Waals surface area contributed by atoms with Crippen molar-refractivity contribution in [3.63, 3.8) is 0 Å². The molecule has 1 aliphatic rings. The van der Waals surface area contributed by atoms with Gasteiger partial charge in [-0.1, -0.05) is 48.5 Å². The number of carbonyl (C=O) groups is 2. The predicted octanol–water partition coefficient (Wildman–Crippen LogP) is 4.32. The number of ether oxygens (including phenoxy) is 1. The van der Waals surface area contributed by atoms with Crippen molar-refractivity contribution in [1.29, 1.82) is 0 Å². The molecule has 2 heterocycles. The number of aryl methyl sites for hydroxylation is 1. The molecule has 5 rings (SSSR count). The topological polar surface area (TPSA) is 87.3 Å². The van der Waals surface area contributed by atoms with Gasteiger partial charge in [0.2, 0.25) is 5.91 Å². The number of hydrogen-bond acceptors (Lipinski definition) is 4. The van der Waals surface area contributed by atoms with Crippen LogP contribution in [0.1, 0.15) is 18.4 Å². The number of carbonyl (C=O) groups excluding carboxylic acids is 2. The number of aromatic amines is 1. The third-order valence-corrected chi connectivity index (χ3v) is 5.78. The zero-order valence-electron chi connectivity index (χ0n) is 18.0. The van der Waals surface area contributed by atoms with E-state index in [0.29, 0.717) is 37.4 Å². The van der Waals surface area contributed by atoms with E-state index in [-0.39, 0.29) is 11.8 Å². The number of hydrogen-bond donors (Lipinski definition) is 2. The van der Waals surface area contributed by atoms with Crippen LogP contribution in [-0.2, 0) is 16.0 Å².